The quantitative estimate of drug-likeness (QED) is 0.761. The molecule has 3 atom stereocenters. The zero-order valence-corrected chi connectivity index (χ0v) is 9.99. The Hall–Kier alpha value is -1.84. The normalized spacial score (nSPS) is 28.7. The van der Waals surface area contributed by atoms with E-state index in [1.165, 1.54) is 0 Å². The summed E-state index contributed by atoms with van der Waals surface area (Å²) in [7, 11) is 0. The molecule has 1 amide bonds. The molecule has 1 aliphatic heterocycles. The molecule has 1 saturated heterocycles. The predicted molar refractivity (Wildman–Crippen MR) is 64.7 cm³/mol. The van der Waals surface area contributed by atoms with E-state index in [4.69, 9.17) is 4.74 Å². The van der Waals surface area contributed by atoms with Crippen LogP contribution in [0, 0.1) is 17.8 Å². The summed E-state index contributed by atoms with van der Waals surface area (Å²) >= 11 is 0. The fourth-order valence-corrected chi connectivity index (χ4v) is 2.73. The van der Waals surface area contributed by atoms with Gasteiger partial charge in [0, 0.05) is 19.0 Å². The highest BCUT2D eigenvalue weighted by Crippen LogP contribution is 2.50. The highest BCUT2D eigenvalue weighted by atomic mass is 16.6. The minimum absolute atomic E-state index is 0.183. The van der Waals surface area contributed by atoms with Gasteiger partial charge >= 0.3 is 6.09 Å². The third-order valence-electron chi connectivity index (χ3n) is 3.88. The van der Waals surface area contributed by atoms with Gasteiger partial charge in [-0.25, -0.2) is 4.79 Å². The van der Waals surface area contributed by atoms with Crippen LogP contribution in [-0.2, 0) is 16.1 Å². The van der Waals surface area contributed by atoms with E-state index in [0.29, 0.717) is 31.5 Å². The number of amides is 1. The van der Waals surface area contributed by atoms with E-state index in [0.717, 1.165) is 11.8 Å². The number of carbonyl (C=O) groups is 2. The first kappa shape index (κ1) is 11.3. The number of rotatable bonds is 3. The Labute approximate surface area is 106 Å². The maximum absolute atomic E-state index is 11.8. The van der Waals surface area contributed by atoms with Crippen LogP contribution in [0.25, 0.3) is 0 Å². The molecule has 2 fully saturated rings. The van der Waals surface area contributed by atoms with Crippen LogP contribution in [0.1, 0.15) is 5.56 Å². The van der Waals surface area contributed by atoms with Crippen molar-refractivity contribution in [2.24, 2.45) is 17.8 Å². The lowest BCUT2D eigenvalue weighted by Gasteiger charge is -2.18. The summed E-state index contributed by atoms with van der Waals surface area (Å²) in [5, 5.41) is 0. The summed E-state index contributed by atoms with van der Waals surface area (Å²) in [5.74, 6) is 0.946. The largest absolute Gasteiger partial charge is 0.445 e. The summed E-state index contributed by atoms with van der Waals surface area (Å²) < 4.78 is 5.25. The number of carbonyl (C=O) groups excluding carboxylic acids is 2. The zero-order valence-electron chi connectivity index (χ0n) is 9.99. The third kappa shape index (κ3) is 1.98. The number of hydrogen-bond donors (Lipinski definition) is 0. The van der Waals surface area contributed by atoms with E-state index in [1.54, 1.807) is 4.90 Å². The summed E-state index contributed by atoms with van der Waals surface area (Å²) in [6.45, 7) is 1.64. The molecular weight excluding hydrogens is 230 g/mol. The molecule has 0 N–H and O–H groups in total. The van der Waals surface area contributed by atoms with Crippen LogP contribution >= 0.6 is 0 Å². The van der Waals surface area contributed by atoms with Gasteiger partial charge in [0.15, 0.2) is 0 Å². The minimum Gasteiger partial charge on any atom is -0.445 e. The van der Waals surface area contributed by atoms with Gasteiger partial charge < -0.3 is 14.4 Å². The molecule has 1 aromatic carbocycles. The average Bonchev–Trinajstić information content (AvgIpc) is 2.88. The topological polar surface area (TPSA) is 46.6 Å². The lowest BCUT2D eigenvalue weighted by Crippen LogP contribution is -2.32. The number of ether oxygens (including phenoxy) is 1. The molecule has 1 heterocycles. The van der Waals surface area contributed by atoms with Crippen LogP contribution in [0.3, 0.4) is 0 Å². The maximum Gasteiger partial charge on any atom is 0.410 e. The molecule has 0 bridgehead atoms. The maximum atomic E-state index is 11.8. The van der Waals surface area contributed by atoms with Crippen LogP contribution in [0.5, 0.6) is 0 Å². The Morgan fingerprint density at radius 2 is 1.94 bits per heavy atom. The van der Waals surface area contributed by atoms with E-state index in [2.05, 4.69) is 0 Å². The number of benzene rings is 1. The van der Waals surface area contributed by atoms with Crippen molar-refractivity contribution in [3.8, 4) is 0 Å². The first-order valence-electron chi connectivity index (χ1n) is 6.20. The van der Waals surface area contributed by atoms with Gasteiger partial charge in [0.25, 0.3) is 0 Å². The van der Waals surface area contributed by atoms with Gasteiger partial charge in [0.2, 0.25) is 0 Å². The Morgan fingerprint density at radius 3 is 2.56 bits per heavy atom. The summed E-state index contributed by atoms with van der Waals surface area (Å²) in [6.07, 6.45) is 0.748. The molecule has 1 unspecified atom stereocenters. The average molecular weight is 245 g/mol. The smallest absolute Gasteiger partial charge is 0.410 e. The number of nitrogens with zero attached hydrogens (tertiary/aromatic N) is 1. The highest BCUT2D eigenvalue weighted by Gasteiger charge is 2.56. The van der Waals surface area contributed by atoms with Gasteiger partial charge in [-0.05, 0) is 17.4 Å². The van der Waals surface area contributed by atoms with Crippen LogP contribution in [0.15, 0.2) is 30.3 Å². The van der Waals surface area contributed by atoms with Crippen molar-refractivity contribution < 1.29 is 14.3 Å². The van der Waals surface area contributed by atoms with Crippen molar-refractivity contribution in [1.82, 2.24) is 4.90 Å². The molecule has 0 spiro atoms. The summed E-state index contributed by atoms with van der Waals surface area (Å²) in [4.78, 5) is 24.1. The van der Waals surface area contributed by atoms with Crippen LogP contribution < -0.4 is 0 Å². The molecular formula is C14H15NO3. The minimum atomic E-state index is -0.268. The molecule has 0 aromatic heterocycles. The molecule has 18 heavy (non-hydrogen) atoms. The lowest BCUT2D eigenvalue weighted by atomic mass is 10.2. The van der Waals surface area contributed by atoms with Crippen molar-refractivity contribution in [2.75, 3.05) is 13.1 Å². The first-order chi connectivity index (χ1) is 8.79. The van der Waals surface area contributed by atoms with Gasteiger partial charge in [0.1, 0.15) is 12.9 Å². The Balaban J connectivity index is 1.48. The third-order valence-corrected chi connectivity index (χ3v) is 3.88. The van der Waals surface area contributed by atoms with Gasteiger partial charge in [-0.15, -0.1) is 0 Å². The molecule has 3 rings (SSSR count). The highest BCUT2D eigenvalue weighted by molar-refractivity contribution is 5.70. The van der Waals surface area contributed by atoms with Crippen molar-refractivity contribution >= 4 is 12.4 Å². The molecule has 1 aromatic rings. The van der Waals surface area contributed by atoms with E-state index in [-0.39, 0.29) is 12.0 Å². The molecule has 1 aliphatic carbocycles. The van der Waals surface area contributed by atoms with Crippen molar-refractivity contribution in [1.29, 1.82) is 0 Å². The number of piperidine rings is 1. The first-order valence-corrected chi connectivity index (χ1v) is 6.20. The molecule has 94 valence electrons. The fraction of sp³-hybridized carbons (Fsp3) is 0.429. The standard InChI is InChI=1S/C14H15NO3/c16-8-13-11-6-15(7-12(11)13)14(17)18-9-10-4-2-1-3-5-10/h1-5,8,11-13H,6-7,9H2/t11-,12+,13?. The van der Waals surface area contributed by atoms with E-state index in [9.17, 15) is 9.59 Å². The van der Waals surface area contributed by atoms with Crippen LogP contribution in [0.2, 0.25) is 0 Å². The van der Waals surface area contributed by atoms with Crippen molar-refractivity contribution in [3.05, 3.63) is 35.9 Å². The number of likely N-dealkylation sites (tertiary alicyclic amines) is 1. The summed E-state index contributed by atoms with van der Waals surface area (Å²) in [6, 6.07) is 9.62. The van der Waals surface area contributed by atoms with Gasteiger partial charge in [-0.2, -0.15) is 0 Å². The molecule has 0 radical (unpaired) electrons. The number of aldehydes is 1. The SMILES string of the molecule is O=CC1[C@H]2CN(C(=O)OCc3ccccc3)C[C@@H]12. The second-order valence-electron chi connectivity index (χ2n) is 4.99. The summed E-state index contributed by atoms with van der Waals surface area (Å²) in [5.41, 5.74) is 0.987. The monoisotopic (exact) mass is 245 g/mol. The lowest BCUT2D eigenvalue weighted by molar-refractivity contribution is -0.109. The predicted octanol–water partition coefficient (Wildman–Crippen LogP) is 1.70. The van der Waals surface area contributed by atoms with E-state index >= 15 is 0 Å². The molecule has 4 nitrogen and oxygen atoms in total. The van der Waals surface area contributed by atoms with Crippen molar-refractivity contribution in [3.63, 3.8) is 0 Å². The second kappa shape index (κ2) is 4.44. The van der Waals surface area contributed by atoms with Gasteiger partial charge in [0.05, 0.1) is 0 Å². The Bertz CT molecular complexity index is 447. The number of hydrogen-bond acceptors (Lipinski definition) is 3. The zero-order chi connectivity index (χ0) is 12.5. The van der Waals surface area contributed by atoms with E-state index < -0.39 is 0 Å². The molecule has 4 heteroatoms. The van der Waals surface area contributed by atoms with Gasteiger partial charge in [-0.1, -0.05) is 30.3 Å². The fourth-order valence-electron chi connectivity index (χ4n) is 2.73. The van der Waals surface area contributed by atoms with Crippen LogP contribution in [0.4, 0.5) is 4.79 Å². The second-order valence-corrected chi connectivity index (χ2v) is 4.99. The van der Waals surface area contributed by atoms with Gasteiger partial charge in [-0.3, -0.25) is 0 Å². The molecule has 1 saturated carbocycles. The van der Waals surface area contributed by atoms with E-state index in [1.807, 2.05) is 30.3 Å². The number of fused-ring (bicyclic) bond motifs is 1. The van der Waals surface area contributed by atoms with Crippen LogP contribution in [-0.4, -0.2) is 30.4 Å². The molecule has 2 aliphatic rings. The Morgan fingerprint density at radius 1 is 1.28 bits per heavy atom. The van der Waals surface area contributed by atoms with Crippen molar-refractivity contribution in [2.45, 2.75) is 6.61 Å². The Kier molecular flexibility index (Phi) is 2.78.